The number of carbonyl (C=O) groups is 1. The van der Waals surface area contributed by atoms with Crippen LogP contribution in [-0.4, -0.2) is 19.0 Å². The number of hydrogen-bond donors (Lipinski definition) is 0. The fraction of sp³-hybridized carbons (Fsp3) is 0.357. The van der Waals surface area contributed by atoms with E-state index in [1.54, 1.807) is 6.07 Å². The number of aryl methyl sites for hydroxylation is 1. The largest absolute Gasteiger partial charge is 0.453 e. The lowest BCUT2D eigenvalue weighted by molar-refractivity contribution is 0.0872. The molecule has 2 aromatic rings. The van der Waals surface area contributed by atoms with Crippen LogP contribution < -0.4 is 0 Å². The highest BCUT2D eigenvalue weighted by Crippen LogP contribution is 2.21. The van der Waals surface area contributed by atoms with Crippen molar-refractivity contribution in [3.8, 4) is 0 Å². The van der Waals surface area contributed by atoms with E-state index in [9.17, 15) is 4.79 Å². The summed E-state index contributed by atoms with van der Waals surface area (Å²) in [6.45, 7) is 5.01. The molecule has 0 aliphatic heterocycles. The Bertz CT molecular complexity index is 525. The van der Waals surface area contributed by atoms with Crippen LogP contribution in [0, 0.1) is 6.92 Å². The summed E-state index contributed by atoms with van der Waals surface area (Å²) in [7, 11) is 0. The fourth-order valence-corrected chi connectivity index (χ4v) is 1.73. The Hall–Kier alpha value is -1.61. The van der Waals surface area contributed by atoms with Crippen molar-refractivity contribution >= 4 is 16.8 Å². The molecule has 0 aliphatic rings. The average Bonchev–Trinajstić information content (AvgIpc) is 2.72. The number of fused-ring (bicyclic) bond motifs is 1. The zero-order chi connectivity index (χ0) is 12.3. The van der Waals surface area contributed by atoms with Crippen LogP contribution in [0.25, 0.3) is 11.0 Å². The maximum atomic E-state index is 11.8. The van der Waals surface area contributed by atoms with Crippen molar-refractivity contribution in [3.05, 3.63) is 35.6 Å². The molecule has 17 heavy (non-hydrogen) atoms. The average molecular weight is 232 g/mol. The van der Waals surface area contributed by atoms with Gasteiger partial charge in [0.1, 0.15) is 5.58 Å². The van der Waals surface area contributed by atoms with Gasteiger partial charge in [0.15, 0.2) is 11.5 Å². The molecule has 1 heterocycles. The zero-order valence-corrected chi connectivity index (χ0v) is 10.2. The standard InChI is InChI=1S/C14H16O3/c1-3-16-7-6-12(15)14-9-11-8-10(2)4-5-13(11)17-14/h4-5,8-9H,3,6-7H2,1-2H3. The van der Waals surface area contributed by atoms with Crippen LogP contribution in [0.15, 0.2) is 28.7 Å². The Labute approximate surface area is 100 Å². The summed E-state index contributed by atoms with van der Waals surface area (Å²) < 4.78 is 10.7. The predicted octanol–water partition coefficient (Wildman–Crippen LogP) is 3.35. The van der Waals surface area contributed by atoms with Crippen molar-refractivity contribution in [2.24, 2.45) is 0 Å². The van der Waals surface area contributed by atoms with E-state index in [1.165, 1.54) is 0 Å². The van der Waals surface area contributed by atoms with Crippen molar-refractivity contribution in [2.45, 2.75) is 20.3 Å². The maximum absolute atomic E-state index is 11.8. The molecule has 0 fully saturated rings. The van der Waals surface area contributed by atoms with Gasteiger partial charge in [-0.2, -0.15) is 0 Å². The van der Waals surface area contributed by atoms with Gasteiger partial charge in [-0.15, -0.1) is 0 Å². The summed E-state index contributed by atoms with van der Waals surface area (Å²) in [5.74, 6) is 0.414. The second kappa shape index (κ2) is 5.15. The smallest absolute Gasteiger partial charge is 0.200 e. The lowest BCUT2D eigenvalue weighted by Gasteiger charge is -1.97. The summed E-state index contributed by atoms with van der Waals surface area (Å²) in [6, 6.07) is 7.68. The summed E-state index contributed by atoms with van der Waals surface area (Å²) in [5, 5.41) is 0.977. The fourth-order valence-electron chi connectivity index (χ4n) is 1.73. The second-order valence-electron chi connectivity index (χ2n) is 4.02. The van der Waals surface area contributed by atoms with Gasteiger partial charge in [-0.05, 0) is 32.0 Å². The van der Waals surface area contributed by atoms with Gasteiger partial charge < -0.3 is 9.15 Å². The van der Waals surface area contributed by atoms with Crippen molar-refractivity contribution in [3.63, 3.8) is 0 Å². The molecule has 0 spiro atoms. The number of furan rings is 1. The van der Waals surface area contributed by atoms with Crippen LogP contribution in [0.2, 0.25) is 0 Å². The first-order valence-corrected chi connectivity index (χ1v) is 5.82. The van der Waals surface area contributed by atoms with Gasteiger partial charge in [-0.3, -0.25) is 4.79 Å². The third-order valence-corrected chi connectivity index (χ3v) is 2.62. The number of ketones is 1. The molecular weight excluding hydrogens is 216 g/mol. The number of Topliss-reactive ketones (excluding diaryl/α,β-unsaturated/α-hetero) is 1. The van der Waals surface area contributed by atoms with Gasteiger partial charge in [0, 0.05) is 18.4 Å². The van der Waals surface area contributed by atoms with E-state index in [1.807, 2.05) is 32.0 Å². The minimum absolute atomic E-state index is 0.00713. The summed E-state index contributed by atoms with van der Waals surface area (Å²) in [4.78, 5) is 11.8. The van der Waals surface area contributed by atoms with Gasteiger partial charge in [-0.1, -0.05) is 11.6 Å². The third-order valence-electron chi connectivity index (χ3n) is 2.62. The van der Waals surface area contributed by atoms with E-state index in [2.05, 4.69) is 0 Å². The lowest BCUT2D eigenvalue weighted by atomic mass is 10.1. The van der Waals surface area contributed by atoms with E-state index in [4.69, 9.17) is 9.15 Å². The molecular formula is C14H16O3. The molecule has 0 atom stereocenters. The van der Waals surface area contributed by atoms with Crippen molar-refractivity contribution < 1.29 is 13.9 Å². The number of hydrogen-bond acceptors (Lipinski definition) is 3. The number of ether oxygens (including phenoxy) is 1. The van der Waals surface area contributed by atoms with Crippen molar-refractivity contribution in [2.75, 3.05) is 13.2 Å². The molecule has 1 aromatic carbocycles. The molecule has 3 nitrogen and oxygen atoms in total. The van der Waals surface area contributed by atoms with Crippen molar-refractivity contribution in [1.29, 1.82) is 0 Å². The van der Waals surface area contributed by atoms with Crippen LogP contribution in [0.3, 0.4) is 0 Å². The Balaban J connectivity index is 2.15. The summed E-state index contributed by atoms with van der Waals surface area (Å²) in [6.07, 6.45) is 0.368. The van der Waals surface area contributed by atoms with Gasteiger partial charge in [-0.25, -0.2) is 0 Å². The van der Waals surface area contributed by atoms with Crippen molar-refractivity contribution in [1.82, 2.24) is 0 Å². The monoisotopic (exact) mass is 232 g/mol. The van der Waals surface area contributed by atoms with Gasteiger partial charge in [0.2, 0.25) is 0 Å². The first kappa shape index (κ1) is 11.9. The van der Waals surface area contributed by atoms with Gasteiger partial charge in [0.05, 0.1) is 6.61 Å². The highest BCUT2D eigenvalue weighted by molar-refractivity contribution is 5.97. The number of rotatable bonds is 5. The molecule has 0 saturated heterocycles. The van der Waals surface area contributed by atoms with Crippen LogP contribution in [0.4, 0.5) is 0 Å². The predicted molar refractivity (Wildman–Crippen MR) is 66.4 cm³/mol. The molecule has 0 unspecified atom stereocenters. The Kier molecular flexibility index (Phi) is 3.59. The first-order valence-electron chi connectivity index (χ1n) is 5.82. The van der Waals surface area contributed by atoms with E-state index < -0.39 is 0 Å². The molecule has 0 N–H and O–H groups in total. The molecule has 0 amide bonds. The molecule has 3 heteroatoms. The van der Waals surface area contributed by atoms with E-state index in [0.717, 1.165) is 16.5 Å². The van der Waals surface area contributed by atoms with Crippen LogP contribution in [0.1, 0.15) is 29.5 Å². The number of benzene rings is 1. The SMILES string of the molecule is CCOCCC(=O)c1cc2cc(C)ccc2o1. The van der Waals surface area contributed by atoms with Crippen LogP contribution in [-0.2, 0) is 4.74 Å². The quantitative estimate of drug-likeness (QED) is 0.586. The zero-order valence-electron chi connectivity index (χ0n) is 10.2. The molecule has 90 valence electrons. The molecule has 0 saturated carbocycles. The summed E-state index contributed by atoms with van der Waals surface area (Å²) in [5.41, 5.74) is 1.92. The topological polar surface area (TPSA) is 39.4 Å². The Morgan fingerprint density at radius 2 is 2.18 bits per heavy atom. The van der Waals surface area contributed by atoms with E-state index in [-0.39, 0.29) is 5.78 Å². The van der Waals surface area contributed by atoms with Gasteiger partial charge in [0.25, 0.3) is 0 Å². The molecule has 0 aliphatic carbocycles. The van der Waals surface area contributed by atoms with Gasteiger partial charge >= 0.3 is 0 Å². The first-order chi connectivity index (χ1) is 8.20. The Morgan fingerprint density at radius 1 is 1.35 bits per heavy atom. The molecule has 1 aromatic heterocycles. The minimum atomic E-state index is -0.00713. The van der Waals surface area contributed by atoms with E-state index in [0.29, 0.717) is 25.4 Å². The minimum Gasteiger partial charge on any atom is -0.453 e. The maximum Gasteiger partial charge on any atom is 0.200 e. The Morgan fingerprint density at radius 3 is 2.94 bits per heavy atom. The second-order valence-corrected chi connectivity index (χ2v) is 4.02. The normalized spacial score (nSPS) is 10.9. The molecule has 2 rings (SSSR count). The van der Waals surface area contributed by atoms with E-state index >= 15 is 0 Å². The third kappa shape index (κ3) is 2.74. The lowest BCUT2D eigenvalue weighted by Crippen LogP contribution is -2.03. The van der Waals surface area contributed by atoms with Crippen LogP contribution >= 0.6 is 0 Å². The highest BCUT2D eigenvalue weighted by Gasteiger charge is 2.11. The van der Waals surface area contributed by atoms with Crippen LogP contribution in [0.5, 0.6) is 0 Å². The highest BCUT2D eigenvalue weighted by atomic mass is 16.5. The number of carbonyl (C=O) groups excluding carboxylic acids is 1. The summed E-state index contributed by atoms with van der Waals surface area (Å²) >= 11 is 0. The molecule has 0 radical (unpaired) electrons. The molecule has 0 bridgehead atoms.